The Kier molecular flexibility index (Phi) is 3.75. The van der Waals surface area contributed by atoms with Crippen molar-refractivity contribution in [3.8, 4) is 0 Å². The minimum Gasteiger partial charge on any atom is -0.364 e. The van der Waals surface area contributed by atoms with Gasteiger partial charge in [0.1, 0.15) is 6.10 Å². The minimum atomic E-state index is -0.381. The molecule has 1 amide bonds. The van der Waals surface area contributed by atoms with Gasteiger partial charge >= 0.3 is 0 Å². The Morgan fingerprint density at radius 1 is 1.71 bits per heavy atom. The predicted molar refractivity (Wildman–Crippen MR) is 63.5 cm³/mol. The van der Waals surface area contributed by atoms with Gasteiger partial charge in [-0.2, -0.15) is 5.10 Å². The molecular weight excluding hydrogens is 220 g/mol. The van der Waals surface area contributed by atoms with Gasteiger partial charge in [-0.25, -0.2) is 0 Å². The number of anilines is 1. The van der Waals surface area contributed by atoms with E-state index in [-0.39, 0.29) is 18.1 Å². The van der Waals surface area contributed by atoms with Gasteiger partial charge in [0.05, 0.1) is 18.0 Å². The van der Waals surface area contributed by atoms with Gasteiger partial charge in [0, 0.05) is 19.3 Å². The smallest absolute Gasteiger partial charge is 0.253 e. The molecule has 0 unspecified atom stereocenters. The molecule has 6 heteroatoms. The Bertz CT molecular complexity index is 391. The zero-order valence-corrected chi connectivity index (χ0v) is 9.93. The number of aryl methyl sites for hydroxylation is 1. The third-order valence-electron chi connectivity index (χ3n) is 2.89. The van der Waals surface area contributed by atoms with E-state index in [1.165, 1.54) is 0 Å². The van der Waals surface area contributed by atoms with E-state index in [9.17, 15) is 4.79 Å². The number of carbonyl (C=O) groups is 1. The molecule has 1 fully saturated rings. The molecule has 0 saturated carbocycles. The lowest BCUT2D eigenvalue weighted by molar-refractivity contribution is -0.126. The van der Waals surface area contributed by atoms with Crippen molar-refractivity contribution >= 4 is 11.6 Å². The summed E-state index contributed by atoms with van der Waals surface area (Å²) < 4.78 is 7.27. The monoisotopic (exact) mass is 238 g/mol. The number of carbonyl (C=O) groups excluding carboxylic acids is 1. The molecule has 1 aliphatic heterocycles. The fraction of sp³-hybridized carbons (Fsp3) is 0.636. The number of nitrogens with two attached hydrogens (primary N) is 1. The van der Waals surface area contributed by atoms with Crippen molar-refractivity contribution in [2.45, 2.75) is 38.5 Å². The van der Waals surface area contributed by atoms with E-state index >= 15 is 0 Å². The largest absolute Gasteiger partial charge is 0.364 e. The minimum absolute atomic E-state index is 0.0177. The van der Waals surface area contributed by atoms with Crippen LogP contribution in [0.4, 0.5) is 5.69 Å². The van der Waals surface area contributed by atoms with Crippen molar-refractivity contribution < 1.29 is 9.53 Å². The highest BCUT2D eigenvalue weighted by Crippen LogP contribution is 2.20. The summed E-state index contributed by atoms with van der Waals surface area (Å²) in [6.07, 6.45) is 4.65. The van der Waals surface area contributed by atoms with E-state index in [0.29, 0.717) is 12.2 Å². The third kappa shape index (κ3) is 2.83. The molecular formula is C11H18N4O2. The molecule has 1 aliphatic rings. The fourth-order valence-electron chi connectivity index (χ4n) is 1.90. The van der Waals surface area contributed by atoms with Crippen LogP contribution in [0.1, 0.15) is 19.8 Å². The van der Waals surface area contributed by atoms with Crippen molar-refractivity contribution in [2.24, 2.45) is 5.73 Å². The summed E-state index contributed by atoms with van der Waals surface area (Å²) in [5, 5.41) is 6.88. The average Bonchev–Trinajstić information content (AvgIpc) is 2.96. The van der Waals surface area contributed by atoms with Gasteiger partial charge in [-0.3, -0.25) is 9.48 Å². The van der Waals surface area contributed by atoms with E-state index in [1.807, 2.05) is 6.92 Å². The first-order chi connectivity index (χ1) is 8.22. The van der Waals surface area contributed by atoms with Crippen molar-refractivity contribution in [3.63, 3.8) is 0 Å². The molecule has 2 rings (SSSR count). The maximum atomic E-state index is 11.9. The molecule has 17 heavy (non-hydrogen) atoms. The molecule has 3 N–H and O–H groups in total. The van der Waals surface area contributed by atoms with Crippen molar-refractivity contribution in [1.82, 2.24) is 9.78 Å². The van der Waals surface area contributed by atoms with Crippen LogP contribution >= 0.6 is 0 Å². The molecule has 0 radical (unpaired) electrons. The summed E-state index contributed by atoms with van der Waals surface area (Å²) in [5.41, 5.74) is 6.21. The molecule has 0 aliphatic carbocycles. The maximum absolute atomic E-state index is 11.9. The van der Waals surface area contributed by atoms with Crippen LogP contribution in [0.15, 0.2) is 12.4 Å². The third-order valence-corrected chi connectivity index (χ3v) is 2.89. The Hall–Kier alpha value is -1.40. The quantitative estimate of drug-likeness (QED) is 0.793. The van der Waals surface area contributed by atoms with Crippen molar-refractivity contribution in [1.29, 1.82) is 0 Å². The van der Waals surface area contributed by atoms with Crippen molar-refractivity contribution in [2.75, 3.05) is 11.9 Å². The molecule has 0 spiro atoms. The molecule has 0 bridgehead atoms. The second-order valence-corrected chi connectivity index (χ2v) is 4.13. The number of hydrogen-bond acceptors (Lipinski definition) is 4. The lowest BCUT2D eigenvalue weighted by Gasteiger charge is -2.11. The normalized spacial score (nSPS) is 23.9. The van der Waals surface area contributed by atoms with Gasteiger partial charge in [0.2, 0.25) is 0 Å². The Labute approximate surface area is 100 Å². The number of ether oxygens (including phenoxy) is 1. The van der Waals surface area contributed by atoms with E-state index in [2.05, 4.69) is 10.4 Å². The van der Waals surface area contributed by atoms with Gasteiger partial charge in [0.15, 0.2) is 0 Å². The van der Waals surface area contributed by atoms with E-state index in [4.69, 9.17) is 10.5 Å². The topological polar surface area (TPSA) is 82.2 Å². The van der Waals surface area contributed by atoms with E-state index < -0.39 is 0 Å². The molecule has 1 saturated heterocycles. The summed E-state index contributed by atoms with van der Waals surface area (Å²) in [6, 6.07) is 0. The zero-order valence-electron chi connectivity index (χ0n) is 9.93. The Morgan fingerprint density at radius 2 is 2.53 bits per heavy atom. The molecule has 6 nitrogen and oxygen atoms in total. The Morgan fingerprint density at radius 3 is 3.12 bits per heavy atom. The van der Waals surface area contributed by atoms with E-state index in [0.717, 1.165) is 19.4 Å². The van der Waals surface area contributed by atoms with Gasteiger partial charge < -0.3 is 15.8 Å². The van der Waals surface area contributed by atoms with Crippen LogP contribution in [0.5, 0.6) is 0 Å². The highest BCUT2D eigenvalue weighted by Gasteiger charge is 2.29. The van der Waals surface area contributed by atoms with E-state index in [1.54, 1.807) is 17.1 Å². The average molecular weight is 238 g/mol. The Balaban J connectivity index is 1.89. The lowest BCUT2D eigenvalue weighted by Crippen LogP contribution is -2.29. The number of amides is 1. The predicted octanol–water partition coefficient (Wildman–Crippen LogP) is 0.348. The highest BCUT2D eigenvalue weighted by atomic mass is 16.5. The second kappa shape index (κ2) is 5.29. The SMILES string of the molecule is CCn1cc(NC(=O)[C@@H]2CC[C@H](CN)O2)cn1. The lowest BCUT2D eigenvalue weighted by atomic mass is 10.2. The molecule has 2 heterocycles. The molecule has 2 atom stereocenters. The summed E-state index contributed by atoms with van der Waals surface area (Å²) in [4.78, 5) is 11.9. The number of hydrogen-bond donors (Lipinski definition) is 2. The summed E-state index contributed by atoms with van der Waals surface area (Å²) in [5.74, 6) is -0.114. The molecule has 1 aromatic heterocycles. The maximum Gasteiger partial charge on any atom is 0.253 e. The number of aromatic nitrogens is 2. The van der Waals surface area contributed by atoms with Gasteiger partial charge in [-0.15, -0.1) is 0 Å². The molecule has 0 aromatic carbocycles. The first kappa shape index (κ1) is 12.1. The fourth-order valence-corrected chi connectivity index (χ4v) is 1.90. The first-order valence-corrected chi connectivity index (χ1v) is 5.91. The van der Waals surface area contributed by atoms with Crippen LogP contribution in [0, 0.1) is 0 Å². The van der Waals surface area contributed by atoms with Crippen LogP contribution in [0.3, 0.4) is 0 Å². The van der Waals surface area contributed by atoms with Gasteiger partial charge in [-0.1, -0.05) is 0 Å². The standard InChI is InChI=1S/C11H18N4O2/c1-2-15-7-8(6-13-15)14-11(16)10-4-3-9(5-12)17-10/h6-7,9-10H,2-5,12H2,1H3,(H,14,16)/t9-,10+/m1/s1. The van der Waals surface area contributed by atoms with Crippen LogP contribution < -0.4 is 11.1 Å². The van der Waals surface area contributed by atoms with Crippen molar-refractivity contribution in [3.05, 3.63) is 12.4 Å². The first-order valence-electron chi connectivity index (χ1n) is 5.91. The summed E-state index contributed by atoms with van der Waals surface area (Å²) >= 11 is 0. The summed E-state index contributed by atoms with van der Waals surface area (Å²) in [6.45, 7) is 3.24. The van der Waals surface area contributed by atoms with Crippen LogP contribution in [0.2, 0.25) is 0 Å². The van der Waals surface area contributed by atoms with Crippen LogP contribution in [0.25, 0.3) is 0 Å². The molecule has 94 valence electrons. The number of nitrogens with zero attached hydrogens (tertiary/aromatic N) is 2. The molecule has 1 aromatic rings. The highest BCUT2D eigenvalue weighted by molar-refractivity contribution is 5.94. The van der Waals surface area contributed by atoms with Gasteiger partial charge in [0.25, 0.3) is 5.91 Å². The van der Waals surface area contributed by atoms with Crippen LogP contribution in [-0.4, -0.2) is 34.4 Å². The second-order valence-electron chi connectivity index (χ2n) is 4.13. The van der Waals surface area contributed by atoms with Gasteiger partial charge in [-0.05, 0) is 19.8 Å². The number of rotatable bonds is 4. The van der Waals surface area contributed by atoms with Crippen LogP contribution in [-0.2, 0) is 16.1 Å². The zero-order chi connectivity index (χ0) is 12.3. The number of nitrogens with one attached hydrogen (secondary N) is 1. The summed E-state index contributed by atoms with van der Waals surface area (Å²) in [7, 11) is 0.